The van der Waals surface area contributed by atoms with Gasteiger partial charge in [0.1, 0.15) is 0 Å². The minimum absolute atomic E-state index is 0.238. The van der Waals surface area contributed by atoms with Crippen molar-refractivity contribution in [2.75, 3.05) is 11.1 Å². The van der Waals surface area contributed by atoms with Gasteiger partial charge in [-0.1, -0.05) is 40.9 Å². The Morgan fingerprint density at radius 1 is 1.14 bits per heavy atom. The van der Waals surface area contributed by atoms with Crippen LogP contribution < -0.4 is 0 Å². The molecule has 118 valence electrons. The summed E-state index contributed by atoms with van der Waals surface area (Å²) in [5, 5.41) is 0.493. The van der Waals surface area contributed by atoms with E-state index < -0.39 is 31.9 Å². The zero-order valence-electron chi connectivity index (χ0n) is 11.3. The van der Waals surface area contributed by atoms with Crippen LogP contribution in [0.5, 0.6) is 0 Å². The number of rotatable bonds is 4. The van der Waals surface area contributed by atoms with Gasteiger partial charge in [0.15, 0.2) is 9.84 Å². The first-order valence-corrected chi connectivity index (χ1v) is 9.43. The van der Waals surface area contributed by atoms with Crippen LogP contribution in [0.4, 0.5) is 13.2 Å². The van der Waals surface area contributed by atoms with Crippen molar-refractivity contribution >= 4 is 25.8 Å². The van der Waals surface area contributed by atoms with E-state index in [0.29, 0.717) is 5.33 Å². The molecule has 0 bridgehead atoms. The molecular weight excluding hydrogens is 369 g/mol. The molecule has 0 amide bonds. The van der Waals surface area contributed by atoms with Gasteiger partial charge < -0.3 is 0 Å². The molecule has 2 rings (SSSR count). The van der Waals surface area contributed by atoms with Crippen molar-refractivity contribution in [2.24, 2.45) is 5.41 Å². The average Bonchev–Trinajstić information content (AvgIpc) is 2.86. The normalized spacial score (nSPS) is 18.9. The Balaban J connectivity index is 2.41. The van der Waals surface area contributed by atoms with Crippen LogP contribution in [0.25, 0.3) is 0 Å². The summed E-state index contributed by atoms with van der Waals surface area (Å²) in [6.45, 7) is 0. The Hall–Kier alpha value is -0.560. The first-order chi connectivity index (χ1) is 9.70. The molecule has 0 N–H and O–H groups in total. The molecule has 1 saturated carbocycles. The number of sulfone groups is 1. The second-order valence-corrected chi connectivity index (χ2v) is 8.11. The summed E-state index contributed by atoms with van der Waals surface area (Å²) in [6, 6.07) is 4.41. The molecule has 1 aromatic rings. The van der Waals surface area contributed by atoms with Gasteiger partial charge in [-0.15, -0.1) is 0 Å². The van der Waals surface area contributed by atoms with Gasteiger partial charge in [-0.05, 0) is 30.4 Å². The molecule has 0 unspecified atom stereocenters. The Bertz CT molecular complexity index is 605. The summed E-state index contributed by atoms with van der Waals surface area (Å²) in [7, 11) is -3.98. The van der Waals surface area contributed by atoms with Crippen LogP contribution in [-0.4, -0.2) is 19.5 Å². The number of hydrogen-bond acceptors (Lipinski definition) is 2. The van der Waals surface area contributed by atoms with E-state index in [2.05, 4.69) is 15.9 Å². The van der Waals surface area contributed by atoms with Crippen LogP contribution >= 0.6 is 15.9 Å². The molecule has 0 aliphatic heterocycles. The van der Waals surface area contributed by atoms with Crippen molar-refractivity contribution in [1.29, 1.82) is 0 Å². The fraction of sp³-hybridized carbons (Fsp3) is 0.571. The van der Waals surface area contributed by atoms with E-state index in [4.69, 9.17) is 0 Å². The number of benzene rings is 1. The smallest absolute Gasteiger partial charge is 0.224 e. The molecule has 0 heterocycles. The average molecular weight is 385 g/mol. The summed E-state index contributed by atoms with van der Waals surface area (Å²) >= 11 is 3.33. The molecule has 7 heteroatoms. The Kier molecular flexibility index (Phi) is 4.73. The second-order valence-electron chi connectivity index (χ2n) is 5.59. The molecular formula is C14H16BrF3O2S. The second kappa shape index (κ2) is 5.91. The van der Waals surface area contributed by atoms with E-state index in [1.165, 1.54) is 12.1 Å². The van der Waals surface area contributed by atoms with Crippen molar-refractivity contribution < 1.29 is 21.6 Å². The van der Waals surface area contributed by atoms with Crippen molar-refractivity contribution in [3.05, 3.63) is 29.8 Å². The Morgan fingerprint density at radius 2 is 1.71 bits per heavy atom. The van der Waals surface area contributed by atoms with Gasteiger partial charge >= 0.3 is 6.18 Å². The topological polar surface area (TPSA) is 34.1 Å². The molecule has 1 aliphatic carbocycles. The molecule has 0 aromatic heterocycles. The summed E-state index contributed by atoms with van der Waals surface area (Å²) < 4.78 is 64.0. The van der Waals surface area contributed by atoms with Gasteiger partial charge in [-0.2, -0.15) is 13.2 Å². The van der Waals surface area contributed by atoms with Crippen molar-refractivity contribution in [1.82, 2.24) is 0 Å². The SMILES string of the molecule is O=S(=O)(CC1(CBr)CCCC1)c1ccccc1C(F)(F)F. The monoisotopic (exact) mass is 384 g/mol. The first kappa shape index (κ1) is 16.8. The Labute approximate surface area is 130 Å². The van der Waals surface area contributed by atoms with E-state index in [1.807, 2.05) is 0 Å². The maximum Gasteiger partial charge on any atom is 0.417 e. The van der Waals surface area contributed by atoms with E-state index in [9.17, 15) is 21.6 Å². The number of alkyl halides is 4. The van der Waals surface area contributed by atoms with Crippen LogP contribution in [0.1, 0.15) is 31.2 Å². The predicted octanol–water partition coefficient (Wildman–Crippen LogP) is 4.43. The summed E-state index contributed by atoms with van der Waals surface area (Å²) in [5.74, 6) is -0.238. The fourth-order valence-electron chi connectivity index (χ4n) is 2.89. The Morgan fingerprint density at radius 3 is 2.24 bits per heavy atom. The maximum absolute atomic E-state index is 13.0. The quantitative estimate of drug-likeness (QED) is 0.719. The van der Waals surface area contributed by atoms with Gasteiger partial charge in [-0.3, -0.25) is 0 Å². The number of halogens is 4. The predicted molar refractivity (Wildman–Crippen MR) is 78.2 cm³/mol. The molecule has 0 spiro atoms. The lowest BCUT2D eigenvalue weighted by Gasteiger charge is -2.26. The highest BCUT2D eigenvalue weighted by Crippen LogP contribution is 2.43. The minimum atomic E-state index is -4.67. The highest BCUT2D eigenvalue weighted by atomic mass is 79.9. The van der Waals surface area contributed by atoms with Gasteiger partial charge in [0.05, 0.1) is 16.2 Å². The summed E-state index contributed by atoms with van der Waals surface area (Å²) in [4.78, 5) is -0.607. The zero-order chi connectivity index (χ0) is 15.7. The van der Waals surface area contributed by atoms with E-state index >= 15 is 0 Å². The third-order valence-electron chi connectivity index (χ3n) is 3.97. The molecule has 1 aromatic carbocycles. The van der Waals surface area contributed by atoms with Crippen LogP contribution in [-0.2, 0) is 16.0 Å². The van der Waals surface area contributed by atoms with Crippen molar-refractivity contribution in [3.8, 4) is 0 Å². The lowest BCUT2D eigenvalue weighted by Crippen LogP contribution is -2.30. The molecule has 0 saturated heterocycles. The van der Waals surface area contributed by atoms with Gasteiger partial charge in [0, 0.05) is 5.33 Å². The number of hydrogen-bond donors (Lipinski definition) is 0. The first-order valence-electron chi connectivity index (χ1n) is 6.65. The minimum Gasteiger partial charge on any atom is -0.224 e. The molecule has 1 aliphatic rings. The van der Waals surface area contributed by atoms with Gasteiger partial charge in [0.25, 0.3) is 0 Å². The molecule has 0 atom stereocenters. The third kappa shape index (κ3) is 3.62. The van der Waals surface area contributed by atoms with E-state index in [1.54, 1.807) is 0 Å². The standard InChI is InChI=1S/C14H16BrF3O2S/c15-9-13(7-3-4-8-13)10-21(19,20)12-6-2-1-5-11(12)14(16,17)18/h1-2,5-6H,3-4,7-10H2. The van der Waals surface area contributed by atoms with E-state index in [0.717, 1.165) is 37.8 Å². The van der Waals surface area contributed by atoms with Gasteiger partial charge in [-0.25, -0.2) is 8.42 Å². The van der Waals surface area contributed by atoms with Crippen LogP contribution in [0.2, 0.25) is 0 Å². The van der Waals surface area contributed by atoms with E-state index in [-0.39, 0.29) is 5.75 Å². The lowest BCUT2D eigenvalue weighted by atomic mass is 9.92. The highest BCUT2D eigenvalue weighted by molar-refractivity contribution is 9.09. The van der Waals surface area contributed by atoms with Crippen LogP contribution in [0.15, 0.2) is 29.2 Å². The fourth-order valence-corrected chi connectivity index (χ4v) is 6.07. The van der Waals surface area contributed by atoms with Crippen LogP contribution in [0, 0.1) is 5.41 Å². The summed E-state index contributed by atoms with van der Waals surface area (Å²) in [5.41, 5.74) is -1.52. The third-order valence-corrected chi connectivity index (χ3v) is 7.18. The van der Waals surface area contributed by atoms with Crippen LogP contribution in [0.3, 0.4) is 0 Å². The van der Waals surface area contributed by atoms with Gasteiger partial charge in [0.2, 0.25) is 0 Å². The molecule has 21 heavy (non-hydrogen) atoms. The molecule has 1 fully saturated rings. The van der Waals surface area contributed by atoms with Crippen molar-refractivity contribution in [3.63, 3.8) is 0 Å². The lowest BCUT2D eigenvalue weighted by molar-refractivity contribution is -0.139. The highest BCUT2D eigenvalue weighted by Gasteiger charge is 2.41. The zero-order valence-corrected chi connectivity index (χ0v) is 13.7. The maximum atomic E-state index is 13.0. The molecule has 0 radical (unpaired) electrons. The molecule has 2 nitrogen and oxygen atoms in total. The largest absolute Gasteiger partial charge is 0.417 e. The van der Waals surface area contributed by atoms with Crippen molar-refractivity contribution in [2.45, 2.75) is 36.8 Å². The summed E-state index contributed by atoms with van der Waals surface area (Å²) in [6.07, 6.45) is -1.37.